The summed E-state index contributed by atoms with van der Waals surface area (Å²) in [6.45, 7) is 1.67. The summed E-state index contributed by atoms with van der Waals surface area (Å²) in [4.78, 5) is 23.5. The number of ether oxygens (including phenoxy) is 2. The van der Waals surface area contributed by atoms with E-state index < -0.39 is 17.6 Å². The number of aliphatic hydroxyl groups is 2. The molecule has 0 spiro atoms. The number of carbonyl (C=O) groups excluding carboxylic acids is 2. The molecule has 1 aliphatic carbocycles. The van der Waals surface area contributed by atoms with E-state index in [4.69, 9.17) is 4.74 Å². The van der Waals surface area contributed by atoms with Gasteiger partial charge in [-0.15, -0.1) is 0 Å². The minimum Gasteiger partial charge on any atom is -0.497 e. The number of carbonyl (C=O) groups is 2. The third-order valence-electron chi connectivity index (χ3n) is 6.11. The van der Waals surface area contributed by atoms with E-state index in [0.717, 1.165) is 37.0 Å². The molecular formula is C26H36O6. The summed E-state index contributed by atoms with van der Waals surface area (Å²) in [5.74, 6) is 5.85. The molecular weight excluding hydrogens is 408 g/mol. The average molecular weight is 445 g/mol. The molecule has 4 atom stereocenters. The molecule has 0 bridgehead atoms. The van der Waals surface area contributed by atoms with Gasteiger partial charge in [0.15, 0.2) is 0 Å². The standard InChI is InChI=1S/C26H36O6/c1-26(30,16-14-19-10-12-20(31-2)13-11-19)17-15-22-21(23(27)18-24(22)28)8-6-4-5-7-9-25(29)32-3/h10-13,21-22,24,28,30H,4-9,14,16,18H2,1-3H3. The summed E-state index contributed by atoms with van der Waals surface area (Å²) in [5.41, 5.74) is -0.127. The molecule has 1 aliphatic rings. The maximum Gasteiger partial charge on any atom is 0.305 e. The molecule has 0 amide bonds. The first-order valence-electron chi connectivity index (χ1n) is 11.4. The molecule has 0 heterocycles. The van der Waals surface area contributed by atoms with Crippen LogP contribution < -0.4 is 4.74 Å². The Morgan fingerprint density at radius 2 is 1.84 bits per heavy atom. The van der Waals surface area contributed by atoms with Crippen molar-refractivity contribution in [3.63, 3.8) is 0 Å². The molecule has 0 saturated heterocycles. The van der Waals surface area contributed by atoms with E-state index in [1.165, 1.54) is 7.11 Å². The Morgan fingerprint density at radius 3 is 2.50 bits per heavy atom. The lowest BCUT2D eigenvalue weighted by atomic mass is 9.88. The summed E-state index contributed by atoms with van der Waals surface area (Å²) in [5, 5.41) is 21.1. The quantitative estimate of drug-likeness (QED) is 0.308. The number of esters is 1. The maximum absolute atomic E-state index is 12.4. The van der Waals surface area contributed by atoms with Gasteiger partial charge >= 0.3 is 5.97 Å². The van der Waals surface area contributed by atoms with Crippen molar-refractivity contribution in [2.24, 2.45) is 11.8 Å². The number of methoxy groups -OCH3 is 2. The van der Waals surface area contributed by atoms with Crippen molar-refractivity contribution in [1.29, 1.82) is 0 Å². The minimum atomic E-state index is -1.20. The maximum atomic E-state index is 12.4. The van der Waals surface area contributed by atoms with Crippen LogP contribution in [0.4, 0.5) is 0 Å². The number of hydrogen-bond acceptors (Lipinski definition) is 6. The van der Waals surface area contributed by atoms with E-state index in [2.05, 4.69) is 16.6 Å². The highest BCUT2D eigenvalue weighted by Crippen LogP contribution is 2.33. The number of rotatable bonds is 11. The Labute approximate surface area is 191 Å². The lowest BCUT2D eigenvalue weighted by Gasteiger charge is -2.19. The van der Waals surface area contributed by atoms with Crippen LogP contribution in [0.1, 0.15) is 63.9 Å². The lowest BCUT2D eigenvalue weighted by Crippen LogP contribution is -2.25. The number of aryl methyl sites for hydroxylation is 1. The summed E-state index contributed by atoms with van der Waals surface area (Å²) < 4.78 is 9.79. The van der Waals surface area contributed by atoms with Gasteiger partial charge in [0.05, 0.1) is 26.2 Å². The zero-order chi connectivity index (χ0) is 23.6. The van der Waals surface area contributed by atoms with Crippen LogP contribution in [0.2, 0.25) is 0 Å². The fraction of sp³-hybridized carbons (Fsp3) is 0.615. The van der Waals surface area contributed by atoms with Gasteiger partial charge in [0, 0.05) is 18.8 Å². The highest BCUT2D eigenvalue weighted by Gasteiger charge is 2.40. The predicted molar refractivity (Wildman–Crippen MR) is 122 cm³/mol. The molecule has 2 N–H and O–H groups in total. The fourth-order valence-corrected chi connectivity index (χ4v) is 4.06. The number of ketones is 1. The lowest BCUT2D eigenvalue weighted by molar-refractivity contribution is -0.140. The first kappa shape index (κ1) is 25.9. The summed E-state index contributed by atoms with van der Waals surface area (Å²) >= 11 is 0. The van der Waals surface area contributed by atoms with Gasteiger partial charge in [-0.05, 0) is 50.3 Å². The van der Waals surface area contributed by atoms with Crippen molar-refractivity contribution in [3.8, 4) is 17.6 Å². The molecule has 2 rings (SSSR count). The molecule has 176 valence electrons. The minimum absolute atomic E-state index is 0.0456. The van der Waals surface area contributed by atoms with Gasteiger partial charge in [-0.3, -0.25) is 9.59 Å². The molecule has 1 fully saturated rings. The first-order chi connectivity index (χ1) is 15.3. The monoisotopic (exact) mass is 444 g/mol. The van der Waals surface area contributed by atoms with Crippen LogP contribution in [0.15, 0.2) is 24.3 Å². The fourth-order valence-electron chi connectivity index (χ4n) is 4.06. The molecule has 1 aromatic carbocycles. The Morgan fingerprint density at radius 1 is 1.16 bits per heavy atom. The van der Waals surface area contributed by atoms with Crippen LogP contribution in [-0.4, -0.2) is 47.9 Å². The van der Waals surface area contributed by atoms with Gasteiger partial charge in [-0.2, -0.15) is 0 Å². The topological polar surface area (TPSA) is 93.1 Å². The van der Waals surface area contributed by atoms with E-state index in [-0.39, 0.29) is 24.1 Å². The van der Waals surface area contributed by atoms with Crippen LogP contribution in [0.3, 0.4) is 0 Å². The van der Waals surface area contributed by atoms with Crippen LogP contribution in [-0.2, 0) is 20.7 Å². The second-order valence-electron chi connectivity index (χ2n) is 8.79. The molecule has 32 heavy (non-hydrogen) atoms. The molecule has 0 aromatic heterocycles. The molecule has 0 radical (unpaired) electrons. The smallest absolute Gasteiger partial charge is 0.305 e. The number of benzene rings is 1. The van der Waals surface area contributed by atoms with E-state index in [1.54, 1.807) is 14.0 Å². The highest BCUT2D eigenvalue weighted by molar-refractivity contribution is 5.85. The Balaban J connectivity index is 1.86. The van der Waals surface area contributed by atoms with Crippen molar-refractivity contribution in [2.45, 2.75) is 76.4 Å². The Kier molecular flexibility index (Phi) is 10.2. The van der Waals surface area contributed by atoms with E-state index >= 15 is 0 Å². The Hall–Kier alpha value is -2.36. The van der Waals surface area contributed by atoms with Gasteiger partial charge in [-0.25, -0.2) is 0 Å². The van der Waals surface area contributed by atoms with Gasteiger partial charge in [0.1, 0.15) is 17.1 Å². The van der Waals surface area contributed by atoms with Crippen LogP contribution in [0.25, 0.3) is 0 Å². The number of hydrogen-bond donors (Lipinski definition) is 2. The van der Waals surface area contributed by atoms with E-state index in [9.17, 15) is 19.8 Å². The zero-order valence-electron chi connectivity index (χ0n) is 19.4. The van der Waals surface area contributed by atoms with Crippen LogP contribution in [0.5, 0.6) is 5.75 Å². The van der Waals surface area contributed by atoms with Gasteiger partial charge < -0.3 is 19.7 Å². The largest absolute Gasteiger partial charge is 0.497 e. The van der Waals surface area contributed by atoms with E-state index in [1.807, 2.05) is 24.3 Å². The second kappa shape index (κ2) is 12.6. The molecule has 0 aliphatic heterocycles. The normalized spacial score (nSPS) is 22.0. The average Bonchev–Trinajstić information content (AvgIpc) is 3.05. The number of unbranched alkanes of at least 4 members (excludes halogenated alkanes) is 3. The van der Waals surface area contributed by atoms with Gasteiger partial charge in [0.25, 0.3) is 0 Å². The molecule has 6 heteroatoms. The second-order valence-corrected chi connectivity index (χ2v) is 8.79. The molecule has 6 nitrogen and oxygen atoms in total. The van der Waals surface area contributed by atoms with Gasteiger partial charge in [0.2, 0.25) is 0 Å². The number of Topliss-reactive ketones (excluding diaryl/α,β-unsaturated/α-hetero) is 1. The van der Waals surface area contributed by atoms with E-state index in [0.29, 0.717) is 25.7 Å². The summed E-state index contributed by atoms with van der Waals surface area (Å²) in [6.07, 6.45) is 4.97. The van der Waals surface area contributed by atoms with Crippen LogP contribution in [0, 0.1) is 23.7 Å². The zero-order valence-corrected chi connectivity index (χ0v) is 19.4. The first-order valence-corrected chi connectivity index (χ1v) is 11.4. The van der Waals surface area contributed by atoms with Crippen molar-refractivity contribution < 1.29 is 29.3 Å². The van der Waals surface area contributed by atoms with Crippen molar-refractivity contribution in [3.05, 3.63) is 29.8 Å². The molecule has 1 aromatic rings. The van der Waals surface area contributed by atoms with Crippen molar-refractivity contribution in [1.82, 2.24) is 0 Å². The SMILES string of the molecule is COC(=O)CCCCCCC1C(=O)CC(O)C1C#CC(C)(O)CCc1ccc(OC)cc1. The predicted octanol–water partition coefficient (Wildman–Crippen LogP) is 3.46. The van der Waals surface area contributed by atoms with Crippen LogP contribution >= 0.6 is 0 Å². The summed E-state index contributed by atoms with van der Waals surface area (Å²) in [6, 6.07) is 7.69. The third kappa shape index (κ3) is 8.29. The Bertz CT molecular complexity index is 802. The van der Waals surface area contributed by atoms with Crippen molar-refractivity contribution >= 4 is 11.8 Å². The third-order valence-corrected chi connectivity index (χ3v) is 6.11. The highest BCUT2D eigenvalue weighted by atomic mass is 16.5. The van der Waals surface area contributed by atoms with Gasteiger partial charge in [-0.1, -0.05) is 43.2 Å². The summed E-state index contributed by atoms with van der Waals surface area (Å²) in [7, 11) is 3.01. The molecule has 4 unspecified atom stereocenters. The number of aliphatic hydroxyl groups excluding tert-OH is 1. The van der Waals surface area contributed by atoms with Crippen molar-refractivity contribution in [2.75, 3.05) is 14.2 Å². The molecule has 1 saturated carbocycles.